The molecule has 3 nitrogen and oxygen atoms in total. The molecule has 2 rings (SSSR count). The van der Waals surface area contributed by atoms with Gasteiger partial charge in [-0.25, -0.2) is 0 Å². The van der Waals surface area contributed by atoms with E-state index in [0.717, 1.165) is 18.6 Å². The Kier molecular flexibility index (Phi) is 2.90. The van der Waals surface area contributed by atoms with Gasteiger partial charge in [-0.2, -0.15) is 0 Å². The van der Waals surface area contributed by atoms with Gasteiger partial charge in [-0.05, 0) is 24.1 Å². The normalized spacial score (nSPS) is 20.1. The van der Waals surface area contributed by atoms with Gasteiger partial charge in [-0.3, -0.25) is 4.79 Å². The van der Waals surface area contributed by atoms with Crippen molar-refractivity contribution in [2.45, 2.75) is 25.4 Å². The summed E-state index contributed by atoms with van der Waals surface area (Å²) >= 11 is 0. The van der Waals surface area contributed by atoms with Crippen molar-refractivity contribution in [1.29, 1.82) is 0 Å². The standard InChI is InChI=1S/C12H14O3/c1-14-10-4-2-9(3-5-10)8-11-6-7-12(13)15-11/h2-5,11H,6-8H2,1H3/t11-/m1/s1. The second-order valence-electron chi connectivity index (χ2n) is 3.70. The minimum atomic E-state index is -0.0755. The number of carbonyl (C=O) groups is 1. The highest BCUT2D eigenvalue weighted by Crippen LogP contribution is 2.19. The second kappa shape index (κ2) is 4.34. The van der Waals surface area contributed by atoms with Crippen LogP contribution < -0.4 is 4.74 Å². The van der Waals surface area contributed by atoms with E-state index in [2.05, 4.69) is 0 Å². The Morgan fingerprint density at radius 3 is 2.67 bits per heavy atom. The minimum absolute atomic E-state index is 0.0610. The first kappa shape index (κ1) is 10.0. The summed E-state index contributed by atoms with van der Waals surface area (Å²) in [6, 6.07) is 7.86. The fourth-order valence-corrected chi connectivity index (χ4v) is 1.75. The fraction of sp³-hybridized carbons (Fsp3) is 0.417. The molecule has 1 fully saturated rings. The zero-order valence-electron chi connectivity index (χ0n) is 8.73. The third-order valence-electron chi connectivity index (χ3n) is 2.59. The molecule has 0 radical (unpaired) electrons. The topological polar surface area (TPSA) is 35.5 Å². The Bertz CT molecular complexity index is 342. The lowest BCUT2D eigenvalue weighted by molar-refractivity contribution is -0.141. The summed E-state index contributed by atoms with van der Waals surface area (Å²) in [6.45, 7) is 0. The van der Waals surface area contributed by atoms with Gasteiger partial charge in [0.05, 0.1) is 7.11 Å². The molecule has 15 heavy (non-hydrogen) atoms. The number of benzene rings is 1. The van der Waals surface area contributed by atoms with E-state index in [1.165, 1.54) is 5.56 Å². The van der Waals surface area contributed by atoms with Gasteiger partial charge < -0.3 is 9.47 Å². The molecule has 1 saturated heterocycles. The number of hydrogen-bond donors (Lipinski definition) is 0. The van der Waals surface area contributed by atoms with Crippen LogP contribution in [0, 0.1) is 0 Å². The summed E-state index contributed by atoms with van der Waals surface area (Å²) in [5.41, 5.74) is 1.18. The maximum absolute atomic E-state index is 10.9. The average Bonchev–Trinajstić information content (AvgIpc) is 2.65. The molecular weight excluding hydrogens is 192 g/mol. The number of carbonyl (C=O) groups excluding carboxylic acids is 1. The third-order valence-corrected chi connectivity index (χ3v) is 2.59. The number of rotatable bonds is 3. The predicted molar refractivity (Wildman–Crippen MR) is 55.8 cm³/mol. The van der Waals surface area contributed by atoms with Crippen molar-refractivity contribution in [3.63, 3.8) is 0 Å². The van der Waals surface area contributed by atoms with E-state index in [-0.39, 0.29) is 12.1 Å². The summed E-state index contributed by atoms with van der Waals surface area (Å²) in [5.74, 6) is 0.774. The van der Waals surface area contributed by atoms with E-state index in [4.69, 9.17) is 9.47 Å². The Morgan fingerprint density at radius 1 is 1.40 bits per heavy atom. The monoisotopic (exact) mass is 206 g/mol. The van der Waals surface area contributed by atoms with Gasteiger partial charge in [-0.1, -0.05) is 12.1 Å². The lowest BCUT2D eigenvalue weighted by Crippen LogP contribution is -2.10. The number of methoxy groups -OCH3 is 1. The molecule has 1 heterocycles. The van der Waals surface area contributed by atoms with Gasteiger partial charge in [0, 0.05) is 12.8 Å². The first-order valence-electron chi connectivity index (χ1n) is 5.10. The summed E-state index contributed by atoms with van der Waals surface area (Å²) < 4.78 is 10.2. The molecule has 1 aliphatic rings. The van der Waals surface area contributed by atoms with Crippen molar-refractivity contribution in [1.82, 2.24) is 0 Å². The highest BCUT2D eigenvalue weighted by atomic mass is 16.5. The van der Waals surface area contributed by atoms with Crippen LogP contribution in [-0.2, 0) is 16.0 Å². The average molecular weight is 206 g/mol. The molecular formula is C12H14O3. The van der Waals surface area contributed by atoms with Gasteiger partial charge in [0.2, 0.25) is 0 Å². The van der Waals surface area contributed by atoms with E-state index in [1.54, 1.807) is 7.11 Å². The van der Waals surface area contributed by atoms with Gasteiger partial charge in [0.25, 0.3) is 0 Å². The van der Waals surface area contributed by atoms with Gasteiger partial charge in [0.1, 0.15) is 11.9 Å². The maximum atomic E-state index is 10.9. The molecule has 0 amide bonds. The third kappa shape index (κ3) is 2.49. The van der Waals surface area contributed by atoms with E-state index >= 15 is 0 Å². The molecule has 0 spiro atoms. The zero-order valence-corrected chi connectivity index (χ0v) is 8.73. The smallest absolute Gasteiger partial charge is 0.306 e. The lowest BCUT2D eigenvalue weighted by Gasteiger charge is -2.09. The Labute approximate surface area is 89.0 Å². The van der Waals surface area contributed by atoms with Gasteiger partial charge >= 0.3 is 5.97 Å². The van der Waals surface area contributed by atoms with Crippen molar-refractivity contribution in [3.8, 4) is 5.75 Å². The summed E-state index contributed by atoms with van der Waals surface area (Å²) in [7, 11) is 1.65. The number of ether oxygens (including phenoxy) is 2. The van der Waals surface area contributed by atoms with E-state index in [0.29, 0.717) is 6.42 Å². The van der Waals surface area contributed by atoms with Crippen LogP contribution in [0.25, 0.3) is 0 Å². The first-order valence-corrected chi connectivity index (χ1v) is 5.10. The molecule has 1 aliphatic heterocycles. The van der Waals surface area contributed by atoms with Crippen LogP contribution >= 0.6 is 0 Å². The number of cyclic esters (lactones) is 1. The second-order valence-corrected chi connectivity index (χ2v) is 3.70. The molecule has 1 atom stereocenters. The van der Waals surface area contributed by atoms with E-state index in [1.807, 2.05) is 24.3 Å². The Hall–Kier alpha value is -1.51. The fourth-order valence-electron chi connectivity index (χ4n) is 1.75. The molecule has 0 N–H and O–H groups in total. The SMILES string of the molecule is COc1ccc(C[C@H]2CCC(=O)O2)cc1. The quantitative estimate of drug-likeness (QED) is 0.709. The number of esters is 1. The molecule has 1 aromatic rings. The maximum Gasteiger partial charge on any atom is 0.306 e. The summed E-state index contributed by atoms with van der Waals surface area (Å²) in [5, 5.41) is 0. The van der Waals surface area contributed by atoms with Crippen molar-refractivity contribution in [2.24, 2.45) is 0 Å². The Morgan fingerprint density at radius 2 is 2.13 bits per heavy atom. The molecule has 0 aromatic heterocycles. The highest BCUT2D eigenvalue weighted by molar-refractivity contribution is 5.71. The molecule has 0 unspecified atom stereocenters. The molecule has 80 valence electrons. The van der Waals surface area contributed by atoms with Crippen LogP contribution in [0.1, 0.15) is 18.4 Å². The van der Waals surface area contributed by atoms with Crippen molar-refractivity contribution < 1.29 is 14.3 Å². The molecule has 3 heteroatoms. The van der Waals surface area contributed by atoms with Crippen molar-refractivity contribution in [3.05, 3.63) is 29.8 Å². The summed E-state index contributed by atoms with van der Waals surface area (Å²) in [4.78, 5) is 10.9. The zero-order chi connectivity index (χ0) is 10.7. The van der Waals surface area contributed by atoms with Gasteiger partial charge in [0.15, 0.2) is 0 Å². The predicted octanol–water partition coefficient (Wildman–Crippen LogP) is 1.94. The van der Waals surface area contributed by atoms with E-state index in [9.17, 15) is 4.79 Å². The lowest BCUT2D eigenvalue weighted by atomic mass is 10.1. The van der Waals surface area contributed by atoms with Crippen LogP contribution in [-0.4, -0.2) is 19.2 Å². The number of hydrogen-bond acceptors (Lipinski definition) is 3. The van der Waals surface area contributed by atoms with E-state index < -0.39 is 0 Å². The minimum Gasteiger partial charge on any atom is -0.497 e. The molecule has 0 bridgehead atoms. The largest absolute Gasteiger partial charge is 0.497 e. The molecule has 0 saturated carbocycles. The highest BCUT2D eigenvalue weighted by Gasteiger charge is 2.23. The summed E-state index contributed by atoms with van der Waals surface area (Å²) in [6.07, 6.45) is 2.26. The van der Waals surface area contributed by atoms with Crippen LogP contribution in [0.3, 0.4) is 0 Å². The van der Waals surface area contributed by atoms with Crippen molar-refractivity contribution >= 4 is 5.97 Å². The Balaban J connectivity index is 1.96. The van der Waals surface area contributed by atoms with Crippen LogP contribution in [0.5, 0.6) is 5.75 Å². The van der Waals surface area contributed by atoms with Gasteiger partial charge in [-0.15, -0.1) is 0 Å². The molecule has 1 aromatic carbocycles. The molecule has 0 aliphatic carbocycles. The van der Waals surface area contributed by atoms with Crippen LogP contribution in [0.15, 0.2) is 24.3 Å². The van der Waals surface area contributed by atoms with Crippen LogP contribution in [0.4, 0.5) is 0 Å². The first-order chi connectivity index (χ1) is 7.28. The van der Waals surface area contributed by atoms with Crippen molar-refractivity contribution in [2.75, 3.05) is 7.11 Å². The van der Waals surface area contributed by atoms with Crippen LogP contribution in [0.2, 0.25) is 0 Å².